The van der Waals surface area contributed by atoms with E-state index in [9.17, 15) is 9.50 Å². The number of unbranched alkanes of at least 4 members (excludes halogenated alkanes) is 1. The van der Waals surface area contributed by atoms with Crippen molar-refractivity contribution >= 4 is 0 Å². The molecule has 3 nitrogen and oxygen atoms in total. The molecule has 0 unspecified atom stereocenters. The molecule has 4 heteroatoms. The van der Waals surface area contributed by atoms with Gasteiger partial charge in [-0.25, -0.2) is 4.39 Å². The van der Waals surface area contributed by atoms with Crippen LogP contribution in [0, 0.1) is 18.7 Å². The van der Waals surface area contributed by atoms with E-state index < -0.39 is 5.60 Å². The Kier molecular flexibility index (Phi) is 6.36. The first-order chi connectivity index (χ1) is 10.6. The quantitative estimate of drug-likeness (QED) is 0.760. The number of aryl methyl sites for hydroxylation is 1. The first kappa shape index (κ1) is 17.4. The Morgan fingerprint density at radius 3 is 2.91 bits per heavy atom. The number of rotatable bonds is 7. The van der Waals surface area contributed by atoms with Crippen LogP contribution in [-0.2, 0) is 10.3 Å². The summed E-state index contributed by atoms with van der Waals surface area (Å²) in [5.74, 6) is -0.206. The van der Waals surface area contributed by atoms with Crippen LogP contribution in [0.4, 0.5) is 4.39 Å². The van der Waals surface area contributed by atoms with Crippen molar-refractivity contribution in [2.75, 3.05) is 26.8 Å². The van der Waals surface area contributed by atoms with Crippen LogP contribution in [0.15, 0.2) is 18.2 Å². The average molecular weight is 309 g/mol. The van der Waals surface area contributed by atoms with E-state index in [-0.39, 0.29) is 11.7 Å². The van der Waals surface area contributed by atoms with Crippen molar-refractivity contribution in [2.45, 2.75) is 44.6 Å². The predicted octanol–water partition coefficient (Wildman–Crippen LogP) is 3.14. The van der Waals surface area contributed by atoms with Gasteiger partial charge >= 0.3 is 0 Å². The second-order valence-electron chi connectivity index (χ2n) is 6.35. The highest BCUT2D eigenvalue weighted by atomic mass is 19.1. The molecule has 1 aromatic carbocycles. The van der Waals surface area contributed by atoms with E-state index in [4.69, 9.17) is 4.74 Å². The summed E-state index contributed by atoms with van der Waals surface area (Å²) in [5, 5.41) is 14.7. The molecule has 2 rings (SSSR count). The Hall–Kier alpha value is -0.970. The molecule has 0 aromatic heterocycles. The molecule has 1 heterocycles. The molecule has 0 aliphatic carbocycles. The normalized spacial score (nSPS) is 21.5. The number of halogens is 1. The van der Waals surface area contributed by atoms with E-state index in [2.05, 4.69) is 5.32 Å². The van der Waals surface area contributed by atoms with Gasteiger partial charge in [-0.2, -0.15) is 0 Å². The van der Waals surface area contributed by atoms with Gasteiger partial charge in [0.05, 0.1) is 5.60 Å². The lowest BCUT2D eigenvalue weighted by Crippen LogP contribution is -2.45. The Labute approximate surface area is 132 Å². The molecule has 2 atom stereocenters. The van der Waals surface area contributed by atoms with Crippen LogP contribution in [0.5, 0.6) is 0 Å². The molecule has 1 fully saturated rings. The van der Waals surface area contributed by atoms with Crippen molar-refractivity contribution < 1.29 is 14.2 Å². The topological polar surface area (TPSA) is 41.5 Å². The highest BCUT2D eigenvalue weighted by molar-refractivity contribution is 5.30. The zero-order chi connectivity index (χ0) is 16.0. The number of ether oxygens (including phenoxy) is 1. The van der Waals surface area contributed by atoms with Crippen LogP contribution >= 0.6 is 0 Å². The van der Waals surface area contributed by atoms with Gasteiger partial charge < -0.3 is 15.2 Å². The number of nitrogens with one attached hydrogen (secondary N) is 1. The number of piperidine rings is 1. The van der Waals surface area contributed by atoms with Crippen LogP contribution in [0.2, 0.25) is 0 Å². The van der Waals surface area contributed by atoms with Crippen molar-refractivity contribution in [1.29, 1.82) is 0 Å². The van der Waals surface area contributed by atoms with E-state index in [1.165, 1.54) is 0 Å². The number of methoxy groups -OCH3 is 1. The van der Waals surface area contributed by atoms with E-state index in [1.54, 1.807) is 26.2 Å². The second kappa shape index (κ2) is 8.04. The first-order valence-electron chi connectivity index (χ1n) is 8.27. The summed E-state index contributed by atoms with van der Waals surface area (Å²) in [4.78, 5) is 0. The van der Waals surface area contributed by atoms with E-state index >= 15 is 0 Å². The molecular formula is C18H28FNO2. The molecule has 0 bridgehead atoms. The van der Waals surface area contributed by atoms with E-state index in [0.29, 0.717) is 24.2 Å². The maximum atomic E-state index is 14.6. The van der Waals surface area contributed by atoms with Gasteiger partial charge in [0.25, 0.3) is 0 Å². The molecule has 0 spiro atoms. The summed E-state index contributed by atoms with van der Waals surface area (Å²) in [6, 6.07) is 5.33. The third kappa shape index (κ3) is 3.86. The molecule has 2 N–H and O–H groups in total. The van der Waals surface area contributed by atoms with Crippen LogP contribution in [0.3, 0.4) is 0 Å². The fourth-order valence-electron chi connectivity index (χ4n) is 3.44. The fraction of sp³-hybridized carbons (Fsp3) is 0.667. The third-order valence-electron chi connectivity index (χ3n) is 4.79. The molecule has 1 aliphatic rings. The van der Waals surface area contributed by atoms with Crippen LogP contribution in [0.25, 0.3) is 0 Å². The highest BCUT2D eigenvalue weighted by Gasteiger charge is 2.40. The summed E-state index contributed by atoms with van der Waals surface area (Å²) in [5.41, 5.74) is -0.0488. The van der Waals surface area contributed by atoms with Gasteiger partial charge in [0.15, 0.2) is 0 Å². The van der Waals surface area contributed by atoms with Crippen LogP contribution in [0.1, 0.15) is 43.2 Å². The molecule has 1 aliphatic heterocycles. The molecular weight excluding hydrogens is 281 g/mol. The minimum absolute atomic E-state index is 0.0556. The van der Waals surface area contributed by atoms with Gasteiger partial charge in [0.2, 0.25) is 0 Å². The second-order valence-corrected chi connectivity index (χ2v) is 6.35. The molecule has 0 saturated carbocycles. The van der Waals surface area contributed by atoms with Gasteiger partial charge in [0.1, 0.15) is 5.82 Å². The average Bonchev–Trinajstić information content (AvgIpc) is 2.55. The number of aliphatic hydroxyl groups is 1. The minimum atomic E-state index is -1.10. The van der Waals surface area contributed by atoms with Crippen molar-refractivity contribution in [3.05, 3.63) is 35.1 Å². The molecule has 22 heavy (non-hydrogen) atoms. The van der Waals surface area contributed by atoms with E-state index in [1.807, 2.05) is 6.07 Å². The fourth-order valence-corrected chi connectivity index (χ4v) is 3.44. The van der Waals surface area contributed by atoms with Gasteiger partial charge in [0, 0.05) is 31.7 Å². The maximum Gasteiger partial charge on any atom is 0.132 e. The Bertz CT molecular complexity index is 474. The van der Waals surface area contributed by atoms with E-state index in [0.717, 1.165) is 38.8 Å². The summed E-state index contributed by atoms with van der Waals surface area (Å²) in [6.45, 7) is 4.15. The zero-order valence-corrected chi connectivity index (χ0v) is 13.7. The monoisotopic (exact) mass is 309 g/mol. The molecule has 1 aromatic rings. The van der Waals surface area contributed by atoms with Crippen LogP contribution in [-0.4, -0.2) is 31.9 Å². The number of hydrogen-bond donors (Lipinski definition) is 2. The number of hydrogen-bond acceptors (Lipinski definition) is 3. The highest BCUT2D eigenvalue weighted by Crippen LogP contribution is 2.39. The van der Waals surface area contributed by atoms with Crippen molar-refractivity contribution in [2.24, 2.45) is 5.92 Å². The van der Waals surface area contributed by atoms with Crippen LogP contribution < -0.4 is 5.32 Å². The van der Waals surface area contributed by atoms with Gasteiger partial charge in [-0.05, 0) is 51.1 Å². The molecule has 0 radical (unpaired) electrons. The molecule has 124 valence electrons. The smallest absolute Gasteiger partial charge is 0.132 e. The number of benzene rings is 1. The Morgan fingerprint density at radius 2 is 2.23 bits per heavy atom. The first-order valence-corrected chi connectivity index (χ1v) is 8.27. The van der Waals surface area contributed by atoms with Gasteiger partial charge in [-0.15, -0.1) is 0 Å². The summed E-state index contributed by atoms with van der Waals surface area (Å²) >= 11 is 0. The Balaban J connectivity index is 2.25. The van der Waals surface area contributed by atoms with Crippen molar-refractivity contribution in [3.8, 4) is 0 Å². The predicted molar refractivity (Wildman–Crippen MR) is 86.4 cm³/mol. The lowest BCUT2D eigenvalue weighted by atomic mass is 9.74. The largest absolute Gasteiger partial charge is 0.385 e. The van der Waals surface area contributed by atoms with Gasteiger partial charge in [-0.1, -0.05) is 18.2 Å². The third-order valence-corrected chi connectivity index (χ3v) is 4.79. The summed E-state index contributed by atoms with van der Waals surface area (Å²) < 4.78 is 19.7. The molecule has 0 amide bonds. The SMILES string of the molecule is COCCCC[C@@](O)(c1cccc(C)c1F)[C@@H]1CCCNC1. The molecule has 1 saturated heterocycles. The minimum Gasteiger partial charge on any atom is -0.385 e. The van der Waals surface area contributed by atoms with Crippen molar-refractivity contribution in [1.82, 2.24) is 5.32 Å². The standard InChI is InChI=1S/C18H28FNO2/c1-14-7-5-9-16(17(14)19)18(21,10-3-4-12-22-2)15-8-6-11-20-13-15/h5,7,9,15,20-21H,3-4,6,8,10-13H2,1-2H3/t15-,18+/m1/s1. The summed E-state index contributed by atoms with van der Waals surface area (Å²) in [7, 11) is 1.68. The summed E-state index contributed by atoms with van der Waals surface area (Å²) in [6.07, 6.45) is 4.24. The maximum absolute atomic E-state index is 14.6. The van der Waals surface area contributed by atoms with Crippen molar-refractivity contribution in [3.63, 3.8) is 0 Å². The zero-order valence-electron chi connectivity index (χ0n) is 13.7. The lowest BCUT2D eigenvalue weighted by molar-refractivity contribution is -0.0461. The van der Waals surface area contributed by atoms with Gasteiger partial charge in [-0.3, -0.25) is 0 Å². The Morgan fingerprint density at radius 1 is 1.41 bits per heavy atom. The lowest BCUT2D eigenvalue weighted by Gasteiger charge is -2.39.